The zero-order chi connectivity index (χ0) is 25.0. The summed E-state index contributed by atoms with van der Waals surface area (Å²) in [6, 6.07) is 7.51. The number of nitrogens with one attached hydrogen (secondary N) is 2. The number of rotatable bonds is 12. The number of ether oxygens (including phenoxy) is 3. The van der Waals surface area contributed by atoms with E-state index >= 15 is 0 Å². The standard InChI is InChI=1S/C21H29N3O9/c1-12(16(19(28)31-2)20(29)32-3)17(18(22)27)24-15(26)9-14(25)10-23-21(30)33-11-13-7-5-4-6-8-13/h4-8,12,14,16-17,25H,9-11H2,1-3H3,(H2,22,27)(H,23,30)(H,24,26)/t12-,14-,17+/m1/s1. The summed E-state index contributed by atoms with van der Waals surface area (Å²) in [5.41, 5.74) is 6.10. The van der Waals surface area contributed by atoms with Crippen LogP contribution in [0.15, 0.2) is 30.3 Å². The molecule has 3 atom stereocenters. The third-order valence-corrected chi connectivity index (χ3v) is 4.70. The van der Waals surface area contributed by atoms with Gasteiger partial charge in [-0.3, -0.25) is 19.2 Å². The van der Waals surface area contributed by atoms with Crippen molar-refractivity contribution in [3.63, 3.8) is 0 Å². The zero-order valence-corrected chi connectivity index (χ0v) is 18.6. The number of benzene rings is 1. The molecule has 12 heteroatoms. The first-order chi connectivity index (χ1) is 15.6. The fourth-order valence-corrected chi connectivity index (χ4v) is 2.93. The van der Waals surface area contributed by atoms with Gasteiger partial charge in [0.1, 0.15) is 12.6 Å². The highest BCUT2D eigenvalue weighted by Gasteiger charge is 2.41. The Morgan fingerprint density at radius 1 is 1.03 bits per heavy atom. The Balaban J connectivity index is 2.59. The average molecular weight is 467 g/mol. The van der Waals surface area contributed by atoms with E-state index in [1.54, 1.807) is 24.3 Å². The number of methoxy groups -OCH3 is 2. The van der Waals surface area contributed by atoms with E-state index in [0.29, 0.717) is 0 Å². The van der Waals surface area contributed by atoms with E-state index < -0.39 is 60.2 Å². The molecule has 0 aliphatic carbocycles. The molecule has 12 nitrogen and oxygen atoms in total. The molecular formula is C21H29N3O9. The minimum Gasteiger partial charge on any atom is -0.468 e. The molecule has 0 saturated heterocycles. The van der Waals surface area contributed by atoms with Crippen molar-refractivity contribution in [1.29, 1.82) is 0 Å². The minimum atomic E-state index is -1.51. The van der Waals surface area contributed by atoms with Crippen molar-refractivity contribution in [3.8, 4) is 0 Å². The van der Waals surface area contributed by atoms with Crippen LogP contribution in [0.1, 0.15) is 18.9 Å². The van der Waals surface area contributed by atoms with Gasteiger partial charge in [-0.1, -0.05) is 37.3 Å². The van der Waals surface area contributed by atoms with Gasteiger partial charge in [-0.05, 0) is 5.56 Å². The molecule has 0 bridgehead atoms. The molecule has 0 spiro atoms. The van der Waals surface area contributed by atoms with Crippen molar-refractivity contribution >= 4 is 29.8 Å². The molecule has 1 rings (SSSR count). The van der Waals surface area contributed by atoms with Crippen molar-refractivity contribution in [2.24, 2.45) is 17.6 Å². The molecule has 0 unspecified atom stereocenters. The smallest absolute Gasteiger partial charge is 0.407 e. The van der Waals surface area contributed by atoms with E-state index in [-0.39, 0.29) is 13.2 Å². The van der Waals surface area contributed by atoms with Crippen LogP contribution < -0.4 is 16.4 Å². The molecular weight excluding hydrogens is 438 g/mol. The number of nitrogens with two attached hydrogens (primary N) is 1. The average Bonchev–Trinajstić information content (AvgIpc) is 2.79. The number of primary amides is 1. The van der Waals surface area contributed by atoms with Crippen LogP contribution in [0.3, 0.4) is 0 Å². The number of aliphatic hydroxyl groups is 1. The maximum Gasteiger partial charge on any atom is 0.407 e. The Hall–Kier alpha value is -3.67. The van der Waals surface area contributed by atoms with Crippen LogP contribution in [0.4, 0.5) is 4.79 Å². The lowest BCUT2D eigenvalue weighted by Crippen LogP contribution is -2.53. The first-order valence-electron chi connectivity index (χ1n) is 9.97. The van der Waals surface area contributed by atoms with Crippen LogP contribution in [-0.4, -0.2) is 67.9 Å². The largest absolute Gasteiger partial charge is 0.468 e. The number of aliphatic hydroxyl groups excluding tert-OH is 1. The van der Waals surface area contributed by atoms with E-state index in [4.69, 9.17) is 10.5 Å². The summed E-state index contributed by atoms with van der Waals surface area (Å²) in [6.07, 6.45) is -2.60. The molecule has 0 heterocycles. The Morgan fingerprint density at radius 3 is 2.12 bits per heavy atom. The lowest BCUT2D eigenvalue weighted by molar-refractivity contribution is -0.162. The summed E-state index contributed by atoms with van der Waals surface area (Å²) in [5.74, 6) is -6.35. The molecule has 0 aliphatic rings. The highest BCUT2D eigenvalue weighted by atomic mass is 16.6. The Kier molecular flexibility index (Phi) is 11.3. The fourth-order valence-electron chi connectivity index (χ4n) is 2.93. The van der Waals surface area contributed by atoms with Crippen molar-refractivity contribution in [2.45, 2.75) is 32.1 Å². The normalized spacial score (nSPS) is 13.2. The lowest BCUT2D eigenvalue weighted by atomic mass is 9.86. The lowest BCUT2D eigenvalue weighted by Gasteiger charge is -2.27. The summed E-state index contributed by atoms with van der Waals surface area (Å²) < 4.78 is 14.1. The van der Waals surface area contributed by atoms with Crippen molar-refractivity contribution < 1.29 is 43.3 Å². The van der Waals surface area contributed by atoms with Gasteiger partial charge >= 0.3 is 18.0 Å². The van der Waals surface area contributed by atoms with Crippen LogP contribution in [0.25, 0.3) is 0 Å². The second kappa shape index (κ2) is 13.7. The maximum absolute atomic E-state index is 12.3. The first-order valence-corrected chi connectivity index (χ1v) is 9.97. The van der Waals surface area contributed by atoms with Gasteiger partial charge in [0.05, 0.1) is 26.7 Å². The monoisotopic (exact) mass is 467 g/mol. The van der Waals surface area contributed by atoms with Crippen molar-refractivity contribution in [3.05, 3.63) is 35.9 Å². The molecule has 0 fully saturated rings. The summed E-state index contributed by atoms with van der Waals surface area (Å²) in [7, 11) is 2.11. The Morgan fingerprint density at radius 2 is 1.61 bits per heavy atom. The second-order valence-electron chi connectivity index (χ2n) is 7.13. The molecule has 182 valence electrons. The van der Waals surface area contributed by atoms with Gasteiger partial charge in [0.25, 0.3) is 0 Å². The number of alkyl carbamates (subject to hydrolysis) is 1. The van der Waals surface area contributed by atoms with E-state index in [9.17, 15) is 29.1 Å². The quantitative estimate of drug-likeness (QED) is 0.174. The van der Waals surface area contributed by atoms with Crippen LogP contribution >= 0.6 is 0 Å². The number of carbonyl (C=O) groups is 5. The molecule has 0 radical (unpaired) electrons. The number of hydrogen-bond donors (Lipinski definition) is 4. The summed E-state index contributed by atoms with van der Waals surface area (Å²) >= 11 is 0. The molecule has 33 heavy (non-hydrogen) atoms. The molecule has 3 amide bonds. The molecule has 1 aromatic carbocycles. The predicted molar refractivity (Wildman–Crippen MR) is 113 cm³/mol. The SMILES string of the molecule is COC(=O)C(C(=O)OC)[C@@H](C)[C@H](NC(=O)C[C@@H](O)CNC(=O)OCc1ccccc1)C(N)=O. The Bertz CT molecular complexity index is 816. The van der Waals surface area contributed by atoms with Crippen LogP contribution in [-0.2, 0) is 40.0 Å². The topological polar surface area (TPSA) is 183 Å². The van der Waals surface area contributed by atoms with Gasteiger partial charge in [-0.2, -0.15) is 0 Å². The van der Waals surface area contributed by atoms with Gasteiger partial charge in [0, 0.05) is 12.5 Å². The molecule has 1 aromatic rings. The van der Waals surface area contributed by atoms with Crippen LogP contribution in [0.2, 0.25) is 0 Å². The van der Waals surface area contributed by atoms with Gasteiger partial charge in [0.15, 0.2) is 5.92 Å². The van der Waals surface area contributed by atoms with Gasteiger partial charge < -0.3 is 35.7 Å². The summed E-state index contributed by atoms with van der Waals surface area (Å²) in [4.78, 5) is 59.8. The Labute approximate surface area is 190 Å². The number of amides is 3. The van der Waals surface area contributed by atoms with Crippen molar-refractivity contribution in [2.75, 3.05) is 20.8 Å². The van der Waals surface area contributed by atoms with E-state index in [1.807, 2.05) is 6.07 Å². The minimum absolute atomic E-state index is 0.0307. The number of carbonyl (C=O) groups excluding carboxylic acids is 5. The molecule has 0 saturated carbocycles. The summed E-state index contributed by atoms with van der Waals surface area (Å²) in [6.45, 7) is 1.07. The highest BCUT2D eigenvalue weighted by Crippen LogP contribution is 2.19. The zero-order valence-electron chi connectivity index (χ0n) is 18.6. The third-order valence-electron chi connectivity index (χ3n) is 4.70. The third kappa shape index (κ3) is 9.15. The predicted octanol–water partition coefficient (Wildman–Crippen LogP) is -0.768. The molecule has 0 aliphatic heterocycles. The van der Waals surface area contributed by atoms with Gasteiger partial charge in [0.2, 0.25) is 11.8 Å². The summed E-state index contributed by atoms with van der Waals surface area (Å²) in [5, 5.41) is 14.6. The van der Waals surface area contributed by atoms with Gasteiger partial charge in [-0.15, -0.1) is 0 Å². The van der Waals surface area contributed by atoms with E-state index in [1.165, 1.54) is 6.92 Å². The second-order valence-corrected chi connectivity index (χ2v) is 7.13. The molecule has 0 aromatic heterocycles. The van der Waals surface area contributed by atoms with E-state index in [2.05, 4.69) is 20.1 Å². The van der Waals surface area contributed by atoms with Crippen molar-refractivity contribution in [1.82, 2.24) is 10.6 Å². The number of hydrogen-bond acceptors (Lipinski definition) is 9. The van der Waals surface area contributed by atoms with Crippen LogP contribution in [0, 0.1) is 11.8 Å². The molecule has 5 N–H and O–H groups in total. The fraction of sp³-hybridized carbons (Fsp3) is 0.476. The van der Waals surface area contributed by atoms with Gasteiger partial charge in [-0.25, -0.2) is 4.79 Å². The van der Waals surface area contributed by atoms with Crippen LogP contribution in [0.5, 0.6) is 0 Å². The first kappa shape index (κ1) is 27.4. The van der Waals surface area contributed by atoms with E-state index in [0.717, 1.165) is 19.8 Å². The number of esters is 2. The highest BCUT2D eigenvalue weighted by molar-refractivity contribution is 5.97. The maximum atomic E-state index is 12.3.